The number of halogens is 2. The van der Waals surface area contributed by atoms with Gasteiger partial charge in [0, 0.05) is 5.56 Å². The van der Waals surface area contributed by atoms with Crippen molar-refractivity contribution in [3.8, 4) is 0 Å². The molecule has 130 valence electrons. The molecule has 2 aliphatic rings. The maximum atomic E-state index is 13.0. The van der Waals surface area contributed by atoms with Gasteiger partial charge in [-0.2, -0.15) is 0 Å². The van der Waals surface area contributed by atoms with Crippen LogP contribution in [0.2, 0.25) is 10.0 Å². The SMILES string of the molecule is O=C1c2sc3nc4c(c(=O)n3c2C(=O)N1c1ccc(Cl)c(Cl)c1)CCC4. The van der Waals surface area contributed by atoms with Gasteiger partial charge in [-0.1, -0.05) is 34.5 Å². The Morgan fingerprint density at radius 3 is 2.62 bits per heavy atom. The summed E-state index contributed by atoms with van der Waals surface area (Å²) < 4.78 is 1.28. The summed E-state index contributed by atoms with van der Waals surface area (Å²) in [4.78, 5) is 44.8. The number of anilines is 1. The predicted molar refractivity (Wildman–Crippen MR) is 99.0 cm³/mol. The standard InChI is InChI=1S/C17H9Cl2N3O3S/c18-9-5-4-7(6-10(9)19)21-15(24)12-13(16(21)25)26-17-20-11-3-1-2-8(11)14(23)22(12)17/h4-6H,1-3H2. The molecule has 1 aliphatic carbocycles. The van der Waals surface area contributed by atoms with E-state index in [-0.39, 0.29) is 21.2 Å². The first kappa shape index (κ1) is 16.0. The molecule has 0 fully saturated rings. The van der Waals surface area contributed by atoms with E-state index in [4.69, 9.17) is 23.2 Å². The molecule has 0 N–H and O–H groups in total. The molecule has 2 aromatic heterocycles. The van der Waals surface area contributed by atoms with Crippen LogP contribution in [0.5, 0.6) is 0 Å². The minimum Gasteiger partial charge on any atom is -0.269 e. The number of benzene rings is 1. The number of nitrogens with zero attached hydrogens (tertiary/aromatic N) is 3. The van der Waals surface area contributed by atoms with Crippen molar-refractivity contribution in [3.05, 3.63) is 60.4 Å². The number of carbonyl (C=O) groups excluding carboxylic acids is 2. The Labute approximate surface area is 160 Å². The molecule has 6 nitrogen and oxygen atoms in total. The van der Waals surface area contributed by atoms with Crippen molar-refractivity contribution in [1.82, 2.24) is 9.38 Å². The van der Waals surface area contributed by atoms with Gasteiger partial charge in [-0.05, 0) is 37.5 Å². The first-order valence-corrected chi connectivity index (χ1v) is 9.46. The van der Waals surface area contributed by atoms with Gasteiger partial charge in [0.05, 0.1) is 21.4 Å². The van der Waals surface area contributed by atoms with Crippen molar-refractivity contribution < 1.29 is 9.59 Å². The molecular weight excluding hydrogens is 397 g/mol. The van der Waals surface area contributed by atoms with Crippen LogP contribution in [0, 0.1) is 0 Å². The number of thiazole rings is 1. The molecule has 3 aromatic rings. The summed E-state index contributed by atoms with van der Waals surface area (Å²) in [6.45, 7) is 0. The van der Waals surface area contributed by atoms with Gasteiger partial charge in [0.25, 0.3) is 17.4 Å². The van der Waals surface area contributed by atoms with Crippen molar-refractivity contribution in [3.63, 3.8) is 0 Å². The van der Waals surface area contributed by atoms with Crippen LogP contribution in [0.4, 0.5) is 5.69 Å². The number of imide groups is 1. The van der Waals surface area contributed by atoms with Crippen molar-refractivity contribution in [1.29, 1.82) is 0 Å². The van der Waals surface area contributed by atoms with Crippen LogP contribution in [0.25, 0.3) is 4.96 Å². The summed E-state index contributed by atoms with van der Waals surface area (Å²) in [6.07, 6.45) is 2.27. The molecule has 0 atom stereocenters. The molecule has 9 heteroatoms. The Kier molecular flexibility index (Phi) is 3.31. The van der Waals surface area contributed by atoms with Gasteiger partial charge in [0.15, 0.2) is 4.96 Å². The zero-order valence-electron chi connectivity index (χ0n) is 13.1. The van der Waals surface area contributed by atoms with Crippen molar-refractivity contribution in [2.75, 3.05) is 4.90 Å². The number of carbonyl (C=O) groups is 2. The molecule has 26 heavy (non-hydrogen) atoms. The van der Waals surface area contributed by atoms with Crippen LogP contribution >= 0.6 is 34.5 Å². The van der Waals surface area contributed by atoms with E-state index in [1.54, 1.807) is 6.07 Å². The highest BCUT2D eigenvalue weighted by Crippen LogP contribution is 2.36. The zero-order chi connectivity index (χ0) is 18.2. The third kappa shape index (κ3) is 1.99. The largest absolute Gasteiger partial charge is 0.284 e. The highest BCUT2D eigenvalue weighted by atomic mass is 35.5. The van der Waals surface area contributed by atoms with E-state index >= 15 is 0 Å². The molecule has 1 aliphatic heterocycles. The number of hydrogen-bond acceptors (Lipinski definition) is 5. The summed E-state index contributed by atoms with van der Waals surface area (Å²) in [5.74, 6) is -1.05. The Morgan fingerprint density at radius 2 is 1.85 bits per heavy atom. The van der Waals surface area contributed by atoms with Gasteiger partial charge < -0.3 is 0 Å². The summed E-state index contributed by atoms with van der Waals surface area (Å²) in [6, 6.07) is 4.52. The van der Waals surface area contributed by atoms with Crippen molar-refractivity contribution in [2.24, 2.45) is 0 Å². The van der Waals surface area contributed by atoms with Crippen LogP contribution in [0.1, 0.15) is 37.8 Å². The smallest absolute Gasteiger partial charge is 0.269 e. The number of rotatable bonds is 1. The fourth-order valence-corrected chi connectivity index (χ4v) is 4.82. The Bertz CT molecular complexity index is 1210. The van der Waals surface area contributed by atoms with Crippen LogP contribution < -0.4 is 10.5 Å². The number of hydrogen-bond donors (Lipinski definition) is 0. The van der Waals surface area contributed by atoms with Gasteiger partial charge >= 0.3 is 0 Å². The van der Waals surface area contributed by atoms with Crippen LogP contribution in [-0.4, -0.2) is 21.2 Å². The van der Waals surface area contributed by atoms with Crippen molar-refractivity contribution >= 4 is 57.0 Å². The monoisotopic (exact) mass is 405 g/mol. The molecule has 2 amide bonds. The lowest BCUT2D eigenvalue weighted by Crippen LogP contribution is -2.31. The first-order chi connectivity index (χ1) is 12.5. The fraction of sp³-hybridized carbons (Fsp3) is 0.176. The third-order valence-electron chi connectivity index (χ3n) is 4.67. The maximum absolute atomic E-state index is 13.0. The summed E-state index contributed by atoms with van der Waals surface area (Å²) in [5, 5.41) is 0.562. The minimum atomic E-state index is -0.559. The second-order valence-corrected chi connectivity index (χ2v) is 7.93. The van der Waals surface area contributed by atoms with E-state index in [9.17, 15) is 14.4 Å². The van der Waals surface area contributed by atoms with E-state index in [2.05, 4.69) is 4.98 Å². The topological polar surface area (TPSA) is 71.7 Å². The second-order valence-electron chi connectivity index (χ2n) is 6.14. The number of aromatic nitrogens is 2. The molecule has 0 bridgehead atoms. The molecule has 5 rings (SSSR count). The van der Waals surface area contributed by atoms with Crippen LogP contribution in [0.3, 0.4) is 0 Å². The Balaban J connectivity index is 1.73. The number of fused-ring (bicyclic) bond motifs is 4. The third-order valence-corrected chi connectivity index (χ3v) is 6.44. The number of aryl methyl sites for hydroxylation is 1. The molecule has 0 saturated carbocycles. The van der Waals surface area contributed by atoms with E-state index in [0.717, 1.165) is 34.8 Å². The van der Waals surface area contributed by atoms with E-state index in [0.29, 0.717) is 27.7 Å². The maximum Gasteiger partial charge on any atom is 0.284 e. The lowest BCUT2D eigenvalue weighted by molar-refractivity contribution is 0.0925. The van der Waals surface area contributed by atoms with Gasteiger partial charge in [-0.15, -0.1) is 0 Å². The summed E-state index contributed by atoms with van der Waals surface area (Å²) in [5.41, 5.74) is 1.55. The molecule has 1 aromatic carbocycles. The van der Waals surface area contributed by atoms with E-state index < -0.39 is 11.8 Å². The normalized spacial score (nSPS) is 15.8. The highest BCUT2D eigenvalue weighted by Gasteiger charge is 2.42. The lowest BCUT2D eigenvalue weighted by Gasteiger charge is -2.14. The quantitative estimate of drug-likeness (QED) is 0.581. The van der Waals surface area contributed by atoms with E-state index in [1.807, 2.05) is 0 Å². The highest BCUT2D eigenvalue weighted by molar-refractivity contribution is 7.19. The average molecular weight is 406 g/mol. The zero-order valence-corrected chi connectivity index (χ0v) is 15.4. The van der Waals surface area contributed by atoms with Crippen molar-refractivity contribution in [2.45, 2.75) is 19.3 Å². The molecule has 0 radical (unpaired) electrons. The molecule has 3 heterocycles. The Hall–Kier alpha value is -2.22. The molecule has 0 unspecified atom stereocenters. The fourth-order valence-electron chi connectivity index (χ4n) is 3.47. The van der Waals surface area contributed by atoms with E-state index in [1.165, 1.54) is 16.5 Å². The molecule has 0 saturated heterocycles. The average Bonchev–Trinajstić information content (AvgIpc) is 3.27. The number of amides is 2. The van der Waals surface area contributed by atoms with Gasteiger partial charge in [0.2, 0.25) is 0 Å². The Morgan fingerprint density at radius 1 is 1.04 bits per heavy atom. The summed E-state index contributed by atoms with van der Waals surface area (Å²) in [7, 11) is 0. The lowest BCUT2D eigenvalue weighted by atomic mass is 10.2. The van der Waals surface area contributed by atoms with Crippen LogP contribution in [0.15, 0.2) is 23.0 Å². The molecular formula is C17H9Cl2N3O3S. The summed E-state index contributed by atoms with van der Waals surface area (Å²) >= 11 is 13.0. The molecule has 0 spiro atoms. The minimum absolute atomic E-state index is 0.0771. The predicted octanol–water partition coefficient (Wildman–Crippen LogP) is 3.35. The first-order valence-electron chi connectivity index (χ1n) is 7.88. The van der Waals surface area contributed by atoms with Gasteiger partial charge in [-0.25, -0.2) is 14.3 Å². The van der Waals surface area contributed by atoms with Gasteiger partial charge in [0.1, 0.15) is 10.6 Å². The van der Waals surface area contributed by atoms with Crippen LogP contribution in [-0.2, 0) is 12.8 Å². The second kappa shape index (κ2) is 5.39. The van der Waals surface area contributed by atoms with Gasteiger partial charge in [-0.3, -0.25) is 14.4 Å².